The Morgan fingerprint density at radius 2 is 1.74 bits per heavy atom. The minimum atomic E-state index is -0.225. The highest BCUT2D eigenvalue weighted by atomic mass is 16.7. The topological polar surface area (TPSA) is 21.7 Å². The summed E-state index contributed by atoms with van der Waals surface area (Å²) in [5.41, 5.74) is 0.599. The minimum absolute atomic E-state index is 0.225. The van der Waals surface area contributed by atoms with Crippen molar-refractivity contribution in [3.8, 4) is 0 Å². The molecule has 1 atom stereocenters. The predicted molar refractivity (Wildman–Crippen MR) is 94.5 cm³/mol. The molecule has 1 saturated heterocycles. The average molecular weight is 324 g/mol. The second-order valence-corrected chi connectivity index (χ2v) is 8.64. The molecule has 0 radical (unpaired) electrons. The van der Waals surface area contributed by atoms with Gasteiger partial charge in [-0.15, -0.1) is 0 Å². The summed E-state index contributed by atoms with van der Waals surface area (Å²) in [4.78, 5) is 2.36. The molecule has 3 aliphatic rings. The van der Waals surface area contributed by atoms with Crippen LogP contribution in [0.5, 0.6) is 0 Å². The van der Waals surface area contributed by atoms with Crippen molar-refractivity contribution in [2.45, 2.75) is 89.9 Å². The molecule has 0 aromatic carbocycles. The third-order valence-corrected chi connectivity index (χ3v) is 7.02. The molecule has 3 fully saturated rings. The summed E-state index contributed by atoms with van der Waals surface area (Å²) in [6.07, 6.45) is 13.5. The number of nitrogens with zero attached hydrogens (tertiary/aromatic N) is 1. The fourth-order valence-electron chi connectivity index (χ4n) is 5.07. The number of rotatable bonds is 5. The normalized spacial score (nSPS) is 37.6. The number of hydrogen-bond donors (Lipinski definition) is 0. The van der Waals surface area contributed by atoms with Crippen LogP contribution in [0.25, 0.3) is 0 Å². The fourth-order valence-corrected chi connectivity index (χ4v) is 5.07. The van der Waals surface area contributed by atoms with Crippen LogP contribution in [-0.2, 0) is 9.47 Å². The third kappa shape index (κ3) is 4.11. The molecule has 1 unspecified atom stereocenters. The molecule has 1 aliphatic heterocycles. The Bertz CT molecular complexity index is 370. The first kappa shape index (κ1) is 17.7. The zero-order valence-corrected chi connectivity index (χ0v) is 15.6. The van der Waals surface area contributed by atoms with Crippen molar-refractivity contribution < 1.29 is 9.47 Å². The summed E-state index contributed by atoms with van der Waals surface area (Å²) in [6.45, 7) is 7.79. The first-order chi connectivity index (χ1) is 11.1. The van der Waals surface area contributed by atoms with Gasteiger partial charge >= 0.3 is 0 Å². The van der Waals surface area contributed by atoms with Crippen LogP contribution in [0.15, 0.2) is 0 Å². The summed E-state index contributed by atoms with van der Waals surface area (Å²) < 4.78 is 12.6. The molecular weight excluding hydrogens is 286 g/mol. The molecular formula is C20H37NO2. The zero-order chi connectivity index (χ0) is 16.3. The highest BCUT2D eigenvalue weighted by Crippen LogP contribution is 2.51. The van der Waals surface area contributed by atoms with Crippen molar-refractivity contribution in [2.75, 3.05) is 26.7 Å². The van der Waals surface area contributed by atoms with Gasteiger partial charge in [-0.05, 0) is 57.0 Å². The van der Waals surface area contributed by atoms with Gasteiger partial charge < -0.3 is 14.4 Å². The lowest BCUT2D eigenvalue weighted by Crippen LogP contribution is -2.41. The smallest absolute Gasteiger partial charge is 0.168 e. The first-order valence-electron chi connectivity index (χ1n) is 10.1. The fraction of sp³-hybridized carbons (Fsp3) is 1.00. The van der Waals surface area contributed by atoms with E-state index in [9.17, 15) is 0 Å². The highest BCUT2D eigenvalue weighted by molar-refractivity contribution is 4.92. The molecule has 2 aliphatic carbocycles. The SMILES string of the molecule is CCN(C)CCC1COC2(CCC(C3(C)CCCCC3)CC2)O1. The first-order valence-corrected chi connectivity index (χ1v) is 10.1. The van der Waals surface area contributed by atoms with E-state index in [1.54, 1.807) is 0 Å². The van der Waals surface area contributed by atoms with Crippen molar-refractivity contribution in [1.29, 1.82) is 0 Å². The molecule has 0 amide bonds. The molecule has 0 N–H and O–H groups in total. The molecule has 0 aromatic rings. The Morgan fingerprint density at radius 1 is 1.04 bits per heavy atom. The van der Waals surface area contributed by atoms with E-state index in [2.05, 4.69) is 25.8 Å². The van der Waals surface area contributed by atoms with Crippen molar-refractivity contribution in [3.05, 3.63) is 0 Å². The molecule has 134 valence electrons. The van der Waals surface area contributed by atoms with Crippen LogP contribution >= 0.6 is 0 Å². The Labute approximate surface area is 143 Å². The number of hydrogen-bond acceptors (Lipinski definition) is 3. The van der Waals surface area contributed by atoms with Gasteiger partial charge in [-0.1, -0.05) is 33.1 Å². The Balaban J connectivity index is 1.47. The van der Waals surface area contributed by atoms with Crippen molar-refractivity contribution in [3.63, 3.8) is 0 Å². The van der Waals surface area contributed by atoms with E-state index in [1.807, 2.05) is 0 Å². The molecule has 1 heterocycles. The molecule has 0 bridgehead atoms. The average Bonchev–Trinajstić information content (AvgIpc) is 2.96. The lowest BCUT2D eigenvalue weighted by atomic mass is 9.62. The Hall–Kier alpha value is -0.120. The van der Waals surface area contributed by atoms with E-state index in [-0.39, 0.29) is 5.79 Å². The maximum Gasteiger partial charge on any atom is 0.168 e. The predicted octanol–water partition coefficient (Wildman–Crippen LogP) is 4.60. The van der Waals surface area contributed by atoms with Gasteiger partial charge in [0, 0.05) is 19.4 Å². The number of ether oxygens (including phenoxy) is 2. The Kier molecular flexibility index (Phi) is 5.70. The van der Waals surface area contributed by atoms with E-state index in [4.69, 9.17) is 9.47 Å². The summed E-state index contributed by atoms with van der Waals surface area (Å²) in [5, 5.41) is 0. The van der Waals surface area contributed by atoms with E-state index < -0.39 is 0 Å². The largest absolute Gasteiger partial charge is 0.347 e. The van der Waals surface area contributed by atoms with Gasteiger partial charge in [0.25, 0.3) is 0 Å². The maximum atomic E-state index is 6.40. The van der Waals surface area contributed by atoms with Gasteiger partial charge in [0.05, 0.1) is 12.7 Å². The highest BCUT2D eigenvalue weighted by Gasteiger charge is 2.47. The minimum Gasteiger partial charge on any atom is -0.347 e. The summed E-state index contributed by atoms with van der Waals surface area (Å²) >= 11 is 0. The quantitative estimate of drug-likeness (QED) is 0.738. The second-order valence-electron chi connectivity index (χ2n) is 8.64. The Morgan fingerprint density at radius 3 is 2.39 bits per heavy atom. The van der Waals surface area contributed by atoms with Crippen LogP contribution in [0.3, 0.4) is 0 Å². The van der Waals surface area contributed by atoms with Gasteiger partial charge in [0.2, 0.25) is 0 Å². The molecule has 3 nitrogen and oxygen atoms in total. The molecule has 2 saturated carbocycles. The van der Waals surface area contributed by atoms with Crippen LogP contribution < -0.4 is 0 Å². The van der Waals surface area contributed by atoms with E-state index in [0.717, 1.165) is 44.9 Å². The van der Waals surface area contributed by atoms with Gasteiger partial charge in [-0.25, -0.2) is 0 Å². The van der Waals surface area contributed by atoms with Gasteiger partial charge in [-0.3, -0.25) is 0 Å². The van der Waals surface area contributed by atoms with E-state index >= 15 is 0 Å². The van der Waals surface area contributed by atoms with Crippen LogP contribution in [0, 0.1) is 11.3 Å². The van der Waals surface area contributed by atoms with Gasteiger partial charge in [0.1, 0.15) is 0 Å². The molecule has 0 aromatic heterocycles. The maximum absolute atomic E-state index is 6.40. The van der Waals surface area contributed by atoms with Gasteiger partial charge in [0.15, 0.2) is 5.79 Å². The summed E-state index contributed by atoms with van der Waals surface area (Å²) in [6, 6.07) is 0. The lowest BCUT2D eigenvalue weighted by Gasteiger charge is -2.46. The van der Waals surface area contributed by atoms with Crippen molar-refractivity contribution >= 4 is 0 Å². The van der Waals surface area contributed by atoms with Crippen molar-refractivity contribution in [2.24, 2.45) is 11.3 Å². The second kappa shape index (κ2) is 7.41. The zero-order valence-electron chi connectivity index (χ0n) is 15.6. The van der Waals surface area contributed by atoms with Crippen LogP contribution in [0.1, 0.15) is 78.1 Å². The van der Waals surface area contributed by atoms with E-state index in [0.29, 0.717) is 11.5 Å². The molecule has 3 heteroatoms. The standard InChI is InChI=1S/C20H37NO2/c1-4-21(3)15-10-18-16-22-20(23-18)13-8-17(9-14-20)19(2)11-6-5-7-12-19/h17-18H,4-16H2,1-3H3. The van der Waals surface area contributed by atoms with E-state index in [1.165, 1.54) is 44.9 Å². The lowest BCUT2D eigenvalue weighted by molar-refractivity contribution is -0.199. The van der Waals surface area contributed by atoms with Crippen LogP contribution in [-0.4, -0.2) is 43.5 Å². The van der Waals surface area contributed by atoms with Crippen molar-refractivity contribution in [1.82, 2.24) is 4.90 Å². The van der Waals surface area contributed by atoms with Crippen LogP contribution in [0.4, 0.5) is 0 Å². The molecule has 1 spiro atoms. The van der Waals surface area contributed by atoms with Gasteiger partial charge in [-0.2, -0.15) is 0 Å². The summed E-state index contributed by atoms with van der Waals surface area (Å²) in [5.74, 6) is 0.669. The molecule has 23 heavy (non-hydrogen) atoms. The monoisotopic (exact) mass is 323 g/mol. The third-order valence-electron chi connectivity index (χ3n) is 7.02. The molecule has 3 rings (SSSR count). The van der Waals surface area contributed by atoms with Crippen LogP contribution in [0.2, 0.25) is 0 Å². The summed E-state index contributed by atoms with van der Waals surface area (Å²) in [7, 11) is 2.18.